The maximum absolute atomic E-state index is 8.34. The molecule has 0 saturated carbocycles. The molecule has 0 aromatic carbocycles. The molecule has 0 aliphatic carbocycles. The first-order chi connectivity index (χ1) is 1.00. The van der Waals surface area contributed by atoms with Crippen LogP contribution in [0.1, 0.15) is 0 Å². The van der Waals surface area contributed by atoms with Crippen LogP contribution in [0.2, 0.25) is 0 Å². The Hall–Kier alpha value is 3.57. The molecular weight excluding hydrogens is 504 g/mol. The first-order valence-corrected chi connectivity index (χ1v) is 1.37. The van der Waals surface area contributed by atoms with Crippen LogP contribution in [0.3, 0.4) is 0 Å². The zero-order chi connectivity index (χ0) is 2.00. The summed E-state index contributed by atoms with van der Waals surface area (Å²) in [6.07, 6.45) is 0. The molecule has 6 heteroatoms. The normalized spacial score (nSPS) is 0.667. The van der Waals surface area contributed by atoms with E-state index in [2.05, 4.69) is 0 Å². The van der Waals surface area contributed by atoms with Gasteiger partial charge in [-0.3, -0.25) is 0 Å². The van der Waals surface area contributed by atoms with Crippen molar-refractivity contribution in [3.8, 4) is 0 Å². The van der Waals surface area contributed by atoms with Crippen LogP contribution < -0.4 is 0 Å². The molecule has 0 amide bonds. The summed E-state index contributed by atoms with van der Waals surface area (Å²) in [5, 5.41) is 0. The predicted octanol–water partition coefficient (Wildman–Crippen LogP) is -1.64. The molecule has 0 saturated heterocycles. The number of rotatable bonds is 0. The fourth-order valence-corrected chi connectivity index (χ4v) is 0. The van der Waals surface area contributed by atoms with Crippen LogP contribution in [0, 0.1) is 0 Å². The number of hydrogen-bond acceptors (Lipinski definition) is 1. The molecule has 0 aromatic rings. The van der Waals surface area contributed by atoms with Crippen LogP contribution >= 0.6 is 0 Å². The van der Waals surface area contributed by atoms with Crippen LogP contribution in [0.15, 0.2) is 0 Å². The third-order valence-electron chi connectivity index (χ3n) is 0. The van der Waals surface area contributed by atoms with Gasteiger partial charge in [-0.25, -0.2) is 0 Å². The standard InChI is InChI=1S/Cd.Ga.Ge.In.O.Sn. The molecule has 0 atom stereocenters. The third kappa shape index (κ3) is 25.6. The van der Waals surface area contributed by atoms with E-state index in [1.807, 2.05) is 0 Å². The van der Waals surface area contributed by atoms with Gasteiger partial charge in [0.05, 0.1) is 0 Å². The summed E-state index contributed by atoms with van der Waals surface area (Å²) in [6.45, 7) is 0. The van der Waals surface area contributed by atoms with E-state index in [1.165, 1.54) is 0 Å². The topological polar surface area (TPSA) is 17.1 Å². The zero-order valence-corrected chi connectivity index (χ0v) is 18.0. The van der Waals surface area contributed by atoms with Gasteiger partial charge in [0.25, 0.3) is 0 Å². The molecule has 0 bridgehead atoms. The molecule has 22 valence electrons. The summed E-state index contributed by atoms with van der Waals surface area (Å²) >= 11 is 0.300. The van der Waals surface area contributed by atoms with Crippen LogP contribution in [-0.2, 0) is 30.4 Å². The molecule has 6 heavy (non-hydrogen) atoms. The van der Waals surface area contributed by atoms with Gasteiger partial charge in [0.1, 0.15) is 0 Å². The molecule has 1 nitrogen and oxygen atoms in total. The summed E-state index contributed by atoms with van der Waals surface area (Å²) in [4.78, 5) is 0. The minimum absolute atomic E-state index is 0. The van der Waals surface area contributed by atoms with E-state index >= 15 is 0 Å². The Morgan fingerprint density at radius 2 is 1.17 bits per heavy atom. The minimum atomic E-state index is 0. The summed E-state index contributed by atoms with van der Waals surface area (Å²) in [6, 6.07) is 0. The molecule has 12 radical (unpaired) electrons. The molecular formula is CdGaGeInOSn. The van der Waals surface area contributed by atoms with Gasteiger partial charge in [0.2, 0.25) is 0 Å². The summed E-state index contributed by atoms with van der Waals surface area (Å²) in [7, 11) is 0. The Labute approximate surface area is 114 Å². The number of hydrogen-bond donors (Lipinski definition) is 0. The monoisotopic (exact) mass is 508 g/mol. The second-order valence-electron chi connectivity index (χ2n) is 0. The SMILES string of the molecule is [Cd].[Ga].[Ge].[In].[O]=[Sn]. The van der Waals surface area contributed by atoms with Crippen molar-refractivity contribution in [2.75, 3.05) is 0 Å². The molecule has 0 unspecified atom stereocenters. The third-order valence-corrected chi connectivity index (χ3v) is 0. The Bertz CT molecular complexity index is 15.5. The van der Waals surface area contributed by atoms with Crippen LogP contribution in [0.5, 0.6) is 0 Å². The Morgan fingerprint density at radius 3 is 1.17 bits per heavy atom. The van der Waals surface area contributed by atoms with Crippen molar-refractivity contribution in [2.24, 2.45) is 0 Å². The van der Waals surface area contributed by atoms with E-state index in [0.29, 0.717) is 22.5 Å². The predicted molar refractivity (Wildman–Crippen MR) is 23.7 cm³/mol. The maximum atomic E-state index is 8.34. The molecule has 0 heterocycles. The quantitative estimate of drug-likeness (QED) is 0.362. The van der Waals surface area contributed by atoms with Crippen molar-refractivity contribution in [3.63, 3.8) is 0 Å². The van der Waals surface area contributed by atoms with Crippen molar-refractivity contribution in [1.82, 2.24) is 0 Å². The van der Waals surface area contributed by atoms with Gasteiger partial charge in [0.15, 0.2) is 0 Å². The van der Waals surface area contributed by atoms with Crippen molar-refractivity contribution in [1.29, 1.82) is 0 Å². The molecule has 0 N–H and O–H groups in total. The Kier molecular flexibility index (Phi) is 216. The Morgan fingerprint density at radius 1 is 1.17 bits per heavy atom. The van der Waals surface area contributed by atoms with Gasteiger partial charge < -0.3 is 0 Å². The Balaban J connectivity index is -0.000000000833. The second-order valence-corrected chi connectivity index (χ2v) is 0. The average molecular weight is 504 g/mol. The van der Waals surface area contributed by atoms with Crippen LogP contribution in [-0.4, -0.2) is 85.7 Å². The van der Waals surface area contributed by atoms with Gasteiger partial charge in [-0.15, -0.1) is 0 Å². The first kappa shape index (κ1) is 33.7. The first-order valence-electron chi connectivity index (χ1n) is 0.204. The van der Waals surface area contributed by atoms with Crippen LogP contribution in [0.25, 0.3) is 0 Å². The van der Waals surface area contributed by atoms with Gasteiger partial charge >= 0.3 is 25.6 Å². The molecule has 0 aromatic heterocycles. The molecule has 0 spiro atoms. The second kappa shape index (κ2) is 38.5. The molecule has 0 aliphatic rings. The van der Waals surface area contributed by atoms with Crippen LogP contribution in [0.4, 0.5) is 0 Å². The average Bonchev–Trinajstić information content (AvgIpc) is 1.00. The van der Waals surface area contributed by atoms with Gasteiger partial charge in [0, 0.05) is 90.5 Å². The summed E-state index contributed by atoms with van der Waals surface area (Å²) < 4.78 is 8.34. The van der Waals surface area contributed by atoms with E-state index < -0.39 is 0 Å². The van der Waals surface area contributed by atoms with Gasteiger partial charge in [-0.2, -0.15) is 0 Å². The zero-order valence-electron chi connectivity index (χ0n) is 3.27. The van der Waals surface area contributed by atoms with Crippen molar-refractivity contribution < 1.29 is 30.4 Å². The van der Waals surface area contributed by atoms with E-state index in [1.54, 1.807) is 0 Å². The summed E-state index contributed by atoms with van der Waals surface area (Å²) in [5.74, 6) is 0. The van der Waals surface area contributed by atoms with Gasteiger partial charge in [-0.05, 0) is 0 Å². The fourth-order valence-electron chi connectivity index (χ4n) is 0. The van der Waals surface area contributed by atoms with Crippen molar-refractivity contribution in [3.05, 3.63) is 0 Å². The van der Waals surface area contributed by atoms with Crippen molar-refractivity contribution in [2.45, 2.75) is 0 Å². The molecule has 0 aliphatic heterocycles. The molecule has 0 fully saturated rings. The van der Waals surface area contributed by atoms with E-state index in [4.69, 9.17) is 3.08 Å². The van der Waals surface area contributed by atoms with Crippen molar-refractivity contribution >= 4 is 85.7 Å². The molecule has 0 rings (SSSR count). The fraction of sp³-hybridized carbons (Fsp3) is 0. The summed E-state index contributed by atoms with van der Waals surface area (Å²) in [5.41, 5.74) is 0. The van der Waals surface area contributed by atoms with E-state index in [0.717, 1.165) is 0 Å². The van der Waals surface area contributed by atoms with Gasteiger partial charge in [-0.1, -0.05) is 0 Å². The van der Waals surface area contributed by atoms with E-state index in [-0.39, 0.29) is 90.5 Å². The van der Waals surface area contributed by atoms with E-state index in [9.17, 15) is 0 Å².